The average Bonchev–Trinajstić information content (AvgIpc) is 2.81. The lowest BCUT2D eigenvalue weighted by Crippen LogP contribution is -2.35. The number of aryl methyl sites for hydroxylation is 2. The largest absolute Gasteiger partial charge is 0.372 e. The minimum Gasteiger partial charge on any atom is -0.372 e. The van der Waals surface area contributed by atoms with Crippen LogP contribution in [0.3, 0.4) is 0 Å². The Morgan fingerprint density at radius 1 is 1.12 bits per heavy atom. The van der Waals surface area contributed by atoms with Gasteiger partial charge in [-0.3, -0.25) is 9.59 Å². The summed E-state index contributed by atoms with van der Waals surface area (Å²) in [4.78, 5) is 26.4. The van der Waals surface area contributed by atoms with Crippen molar-refractivity contribution in [3.05, 3.63) is 57.6 Å². The summed E-state index contributed by atoms with van der Waals surface area (Å²) in [6.45, 7) is 3.80. The van der Waals surface area contributed by atoms with E-state index in [0.717, 1.165) is 11.1 Å². The van der Waals surface area contributed by atoms with E-state index in [4.69, 9.17) is 23.2 Å². The lowest BCUT2D eigenvalue weighted by atomic mass is 10.1. The first-order valence-corrected chi connectivity index (χ1v) is 8.28. The molecular weight excluding hydrogens is 347 g/mol. The zero-order valence-corrected chi connectivity index (χ0v) is 14.8. The predicted molar refractivity (Wildman–Crippen MR) is 96.9 cm³/mol. The van der Waals surface area contributed by atoms with Gasteiger partial charge >= 0.3 is 0 Å². The Bertz CT molecular complexity index is 836. The fourth-order valence-electron chi connectivity index (χ4n) is 2.76. The van der Waals surface area contributed by atoms with E-state index < -0.39 is 6.04 Å². The number of benzene rings is 2. The first-order chi connectivity index (χ1) is 11.4. The summed E-state index contributed by atoms with van der Waals surface area (Å²) in [6, 6.07) is 10.2. The second-order valence-electron chi connectivity index (χ2n) is 5.86. The summed E-state index contributed by atoms with van der Waals surface area (Å²) in [5.74, 6) is -0.519. The van der Waals surface area contributed by atoms with Crippen LogP contribution < -0.4 is 10.2 Å². The molecule has 2 aromatic carbocycles. The molecular formula is C18H16Cl2N2O2. The second kappa shape index (κ2) is 6.46. The number of imide groups is 1. The number of hydrogen-bond acceptors (Lipinski definition) is 3. The summed E-state index contributed by atoms with van der Waals surface area (Å²) < 4.78 is 0. The van der Waals surface area contributed by atoms with Gasteiger partial charge in [0.2, 0.25) is 5.91 Å². The Kier molecular flexibility index (Phi) is 4.52. The van der Waals surface area contributed by atoms with E-state index in [-0.39, 0.29) is 18.2 Å². The molecule has 1 aliphatic rings. The molecule has 1 heterocycles. The number of carbonyl (C=O) groups is 2. The maximum absolute atomic E-state index is 12.7. The molecule has 2 aromatic rings. The second-order valence-corrected chi connectivity index (χ2v) is 6.64. The molecule has 0 bridgehead atoms. The molecule has 1 aliphatic heterocycles. The smallest absolute Gasteiger partial charge is 0.256 e. The Morgan fingerprint density at radius 2 is 1.88 bits per heavy atom. The van der Waals surface area contributed by atoms with Crippen molar-refractivity contribution in [1.82, 2.24) is 0 Å². The predicted octanol–water partition coefficient (Wildman–Crippen LogP) is 4.35. The highest BCUT2D eigenvalue weighted by atomic mass is 35.5. The lowest BCUT2D eigenvalue weighted by molar-refractivity contribution is -0.121. The molecule has 4 nitrogen and oxygen atoms in total. The van der Waals surface area contributed by atoms with E-state index in [1.807, 2.05) is 32.0 Å². The van der Waals surface area contributed by atoms with E-state index in [1.165, 1.54) is 4.90 Å². The van der Waals surface area contributed by atoms with Crippen molar-refractivity contribution in [1.29, 1.82) is 0 Å². The molecule has 0 aliphatic carbocycles. The molecule has 1 fully saturated rings. The molecule has 24 heavy (non-hydrogen) atoms. The average molecular weight is 363 g/mol. The molecule has 1 saturated heterocycles. The SMILES string of the molecule is Cc1ccc(C)c(N2C(=O)CC(Nc3cccc(Cl)c3Cl)C2=O)c1. The van der Waals surface area contributed by atoms with Gasteiger partial charge in [-0.15, -0.1) is 0 Å². The van der Waals surface area contributed by atoms with Crippen molar-refractivity contribution < 1.29 is 9.59 Å². The quantitative estimate of drug-likeness (QED) is 0.825. The Labute approximate surface area is 150 Å². The van der Waals surface area contributed by atoms with Gasteiger partial charge in [0.15, 0.2) is 0 Å². The van der Waals surface area contributed by atoms with Crippen molar-refractivity contribution in [2.75, 3.05) is 10.2 Å². The molecule has 3 rings (SSSR count). The van der Waals surface area contributed by atoms with E-state index >= 15 is 0 Å². The number of halogens is 2. The number of carbonyl (C=O) groups excluding carboxylic acids is 2. The Hall–Kier alpha value is -2.04. The zero-order chi connectivity index (χ0) is 17.4. The van der Waals surface area contributed by atoms with Crippen LogP contribution in [0, 0.1) is 13.8 Å². The molecule has 0 aromatic heterocycles. The van der Waals surface area contributed by atoms with E-state index in [9.17, 15) is 9.59 Å². The highest BCUT2D eigenvalue weighted by molar-refractivity contribution is 6.43. The molecule has 0 radical (unpaired) electrons. The van der Waals surface area contributed by atoms with Gasteiger partial charge < -0.3 is 5.32 Å². The van der Waals surface area contributed by atoms with Crippen molar-refractivity contribution in [2.45, 2.75) is 26.3 Å². The van der Waals surface area contributed by atoms with Gasteiger partial charge in [0.05, 0.1) is 27.8 Å². The third kappa shape index (κ3) is 2.99. The summed E-state index contributed by atoms with van der Waals surface area (Å²) in [6.07, 6.45) is 0.0784. The van der Waals surface area contributed by atoms with Gasteiger partial charge in [0.1, 0.15) is 6.04 Å². The van der Waals surface area contributed by atoms with Gasteiger partial charge in [-0.1, -0.05) is 41.4 Å². The Morgan fingerprint density at radius 3 is 2.62 bits per heavy atom. The van der Waals surface area contributed by atoms with E-state index in [0.29, 0.717) is 21.4 Å². The van der Waals surface area contributed by atoms with Gasteiger partial charge in [-0.05, 0) is 43.2 Å². The number of amides is 2. The summed E-state index contributed by atoms with van der Waals surface area (Å²) in [5, 5.41) is 3.77. The third-order valence-corrected chi connectivity index (χ3v) is 4.85. The van der Waals surface area contributed by atoms with Gasteiger partial charge in [0.25, 0.3) is 5.91 Å². The molecule has 1 unspecified atom stereocenters. The topological polar surface area (TPSA) is 49.4 Å². The van der Waals surface area contributed by atoms with Crippen molar-refractivity contribution in [2.24, 2.45) is 0 Å². The van der Waals surface area contributed by atoms with Gasteiger partial charge in [-0.2, -0.15) is 0 Å². The van der Waals surface area contributed by atoms with Crippen LogP contribution in [0.4, 0.5) is 11.4 Å². The lowest BCUT2D eigenvalue weighted by Gasteiger charge is -2.19. The summed E-state index contributed by atoms with van der Waals surface area (Å²) >= 11 is 12.1. The van der Waals surface area contributed by atoms with Crippen LogP contribution in [0.2, 0.25) is 10.0 Å². The fraction of sp³-hybridized carbons (Fsp3) is 0.222. The Balaban J connectivity index is 1.89. The number of anilines is 2. The first-order valence-electron chi connectivity index (χ1n) is 7.53. The molecule has 124 valence electrons. The molecule has 6 heteroatoms. The van der Waals surface area contributed by atoms with Crippen LogP contribution in [0.25, 0.3) is 0 Å². The van der Waals surface area contributed by atoms with Crippen LogP contribution in [0.1, 0.15) is 17.5 Å². The summed E-state index contributed by atoms with van der Waals surface area (Å²) in [5.41, 5.74) is 3.04. The zero-order valence-electron chi connectivity index (χ0n) is 13.3. The highest BCUT2D eigenvalue weighted by Crippen LogP contribution is 2.33. The van der Waals surface area contributed by atoms with Crippen LogP contribution in [-0.2, 0) is 9.59 Å². The molecule has 0 spiro atoms. The first kappa shape index (κ1) is 16.8. The van der Waals surface area contributed by atoms with Crippen LogP contribution in [0.5, 0.6) is 0 Å². The minimum atomic E-state index is -0.659. The fourth-order valence-corrected chi connectivity index (χ4v) is 3.12. The van der Waals surface area contributed by atoms with Crippen molar-refractivity contribution >= 4 is 46.4 Å². The van der Waals surface area contributed by atoms with Crippen molar-refractivity contribution in [3.63, 3.8) is 0 Å². The number of nitrogens with zero attached hydrogens (tertiary/aromatic N) is 1. The molecule has 1 atom stereocenters. The molecule has 0 saturated carbocycles. The number of rotatable bonds is 3. The van der Waals surface area contributed by atoms with Crippen LogP contribution in [0.15, 0.2) is 36.4 Å². The molecule has 1 N–H and O–H groups in total. The summed E-state index contributed by atoms with van der Waals surface area (Å²) in [7, 11) is 0. The van der Waals surface area contributed by atoms with Crippen molar-refractivity contribution in [3.8, 4) is 0 Å². The van der Waals surface area contributed by atoms with Gasteiger partial charge in [-0.25, -0.2) is 4.90 Å². The van der Waals surface area contributed by atoms with Crippen LogP contribution >= 0.6 is 23.2 Å². The third-order valence-electron chi connectivity index (χ3n) is 4.03. The maximum atomic E-state index is 12.7. The monoisotopic (exact) mass is 362 g/mol. The number of nitrogens with one attached hydrogen (secondary N) is 1. The van der Waals surface area contributed by atoms with Crippen LogP contribution in [-0.4, -0.2) is 17.9 Å². The van der Waals surface area contributed by atoms with Gasteiger partial charge in [0, 0.05) is 0 Å². The van der Waals surface area contributed by atoms with E-state index in [2.05, 4.69) is 5.32 Å². The maximum Gasteiger partial charge on any atom is 0.256 e. The standard InChI is InChI=1S/C18H16Cl2N2O2/c1-10-6-7-11(2)15(8-10)22-16(23)9-14(18(22)24)21-13-5-3-4-12(19)17(13)20/h3-8,14,21H,9H2,1-2H3. The van der Waals surface area contributed by atoms with E-state index in [1.54, 1.807) is 18.2 Å². The highest BCUT2D eigenvalue weighted by Gasteiger charge is 2.40. The molecule has 2 amide bonds. The normalized spacial score (nSPS) is 17.5. The minimum absolute atomic E-state index is 0.0784. The number of hydrogen-bond donors (Lipinski definition) is 1.